The van der Waals surface area contributed by atoms with Gasteiger partial charge in [0.05, 0.1) is 12.1 Å². The fourth-order valence-corrected chi connectivity index (χ4v) is 3.57. The highest BCUT2D eigenvalue weighted by Gasteiger charge is 2.29. The van der Waals surface area contributed by atoms with Gasteiger partial charge in [-0.1, -0.05) is 6.42 Å². The maximum absolute atomic E-state index is 5.82. The SMILES string of the molecule is CCNC(=NCC1(C)CCCO1)NCCc1nnc2n1CCCCC2. The van der Waals surface area contributed by atoms with Crippen LogP contribution in [0.4, 0.5) is 0 Å². The van der Waals surface area contributed by atoms with Crippen LogP contribution in [0.3, 0.4) is 0 Å². The largest absolute Gasteiger partial charge is 0.373 e. The third kappa shape index (κ3) is 4.93. The Labute approximate surface area is 150 Å². The molecule has 3 rings (SSSR count). The Kier molecular flexibility index (Phi) is 6.29. The summed E-state index contributed by atoms with van der Waals surface area (Å²) in [5.41, 5.74) is -0.104. The first-order valence-electron chi connectivity index (χ1n) is 9.77. The molecule has 1 aromatic rings. The number of fused-ring (bicyclic) bond motifs is 1. The number of aromatic nitrogens is 3. The zero-order valence-electron chi connectivity index (χ0n) is 15.7. The second kappa shape index (κ2) is 8.65. The first-order valence-corrected chi connectivity index (χ1v) is 9.77. The average Bonchev–Trinajstić information content (AvgIpc) is 3.12. The molecule has 0 amide bonds. The first-order chi connectivity index (χ1) is 12.2. The minimum atomic E-state index is -0.104. The molecule has 1 fully saturated rings. The molecular formula is C18H32N6O. The lowest BCUT2D eigenvalue weighted by molar-refractivity contribution is 0.0283. The first kappa shape index (κ1) is 18.2. The van der Waals surface area contributed by atoms with Gasteiger partial charge in [-0.2, -0.15) is 0 Å². The Morgan fingerprint density at radius 1 is 1.24 bits per heavy atom. The Bertz CT molecular complexity index is 576. The number of ether oxygens (including phenoxy) is 1. The third-order valence-electron chi connectivity index (χ3n) is 5.04. The summed E-state index contributed by atoms with van der Waals surface area (Å²) in [5, 5.41) is 15.5. The molecule has 2 N–H and O–H groups in total. The highest BCUT2D eigenvalue weighted by atomic mass is 16.5. The van der Waals surface area contributed by atoms with Gasteiger partial charge in [-0.3, -0.25) is 4.99 Å². The van der Waals surface area contributed by atoms with Crippen molar-refractivity contribution in [3.8, 4) is 0 Å². The number of guanidine groups is 1. The van der Waals surface area contributed by atoms with Gasteiger partial charge < -0.3 is 19.9 Å². The van der Waals surface area contributed by atoms with Crippen molar-refractivity contribution in [1.29, 1.82) is 0 Å². The third-order valence-corrected chi connectivity index (χ3v) is 5.04. The van der Waals surface area contributed by atoms with E-state index in [0.717, 1.165) is 69.5 Å². The number of nitrogens with zero attached hydrogens (tertiary/aromatic N) is 4. The number of aryl methyl sites for hydroxylation is 1. The van der Waals surface area contributed by atoms with Gasteiger partial charge in [0.15, 0.2) is 5.96 Å². The van der Waals surface area contributed by atoms with Crippen molar-refractivity contribution in [2.75, 3.05) is 26.2 Å². The summed E-state index contributed by atoms with van der Waals surface area (Å²) in [6, 6.07) is 0. The standard InChI is InChI=1S/C18H32N6O/c1-3-19-17(21-14-18(2)10-7-13-25-18)20-11-9-16-23-22-15-8-5-4-6-12-24(15)16/h3-14H2,1-2H3,(H2,19,20,21). The van der Waals surface area contributed by atoms with Crippen LogP contribution in [-0.2, 0) is 24.1 Å². The van der Waals surface area contributed by atoms with Crippen LogP contribution in [-0.4, -0.2) is 52.6 Å². The van der Waals surface area contributed by atoms with E-state index >= 15 is 0 Å². The number of aliphatic imine (C=N–C) groups is 1. The van der Waals surface area contributed by atoms with Crippen molar-refractivity contribution in [2.45, 2.75) is 70.9 Å². The van der Waals surface area contributed by atoms with Gasteiger partial charge in [0.1, 0.15) is 11.6 Å². The van der Waals surface area contributed by atoms with Crippen LogP contribution in [0, 0.1) is 0 Å². The fourth-order valence-electron chi connectivity index (χ4n) is 3.57. The molecule has 140 valence electrons. The quantitative estimate of drug-likeness (QED) is 0.604. The minimum absolute atomic E-state index is 0.104. The van der Waals surface area contributed by atoms with Gasteiger partial charge in [-0.05, 0) is 39.5 Å². The minimum Gasteiger partial charge on any atom is -0.373 e. The zero-order valence-corrected chi connectivity index (χ0v) is 15.7. The van der Waals surface area contributed by atoms with Crippen molar-refractivity contribution >= 4 is 5.96 Å². The molecule has 2 aliphatic heterocycles. The van der Waals surface area contributed by atoms with E-state index in [4.69, 9.17) is 9.73 Å². The monoisotopic (exact) mass is 348 g/mol. The second-order valence-electron chi connectivity index (χ2n) is 7.27. The summed E-state index contributed by atoms with van der Waals surface area (Å²) in [6.07, 6.45) is 7.89. The van der Waals surface area contributed by atoms with Gasteiger partial charge in [0, 0.05) is 39.1 Å². The lowest BCUT2D eigenvalue weighted by Crippen LogP contribution is -2.40. The molecule has 1 atom stereocenters. The summed E-state index contributed by atoms with van der Waals surface area (Å²) in [6.45, 7) is 8.51. The fraction of sp³-hybridized carbons (Fsp3) is 0.833. The van der Waals surface area contributed by atoms with Crippen molar-refractivity contribution in [3.63, 3.8) is 0 Å². The second-order valence-corrected chi connectivity index (χ2v) is 7.27. The molecule has 1 unspecified atom stereocenters. The summed E-state index contributed by atoms with van der Waals surface area (Å²) < 4.78 is 8.13. The van der Waals surface area contributed by atoms with E-state index in [1.54, 1.807) is 0 Å². The van der Waals surface area contributed by atoms with E-state index < -0.39 is 0 Å². The van der Waals surface area contributed by atoms with Crippen molar-refractivity contribution < 1.29 is 4.74 Å². The Morgan fingerprint density at radius 2 is 2.16 bits per heavy atom. The Hall–Kier alpha value is -1.63. The van der Waals surface area contributed by atoms with E-state index in [-0.39, 0.29) is 5.60 Å². The molecule has 0 aromatic carbocycles. The van der Waals surface area contributed by atoms with Crippen LogP contribution in [0.25, 0.3) is 0 Å². The molecule has 1 saturated heterocycles. The van der Waals surface area contributed by atoms with Crippen LogP contribution in [0.15, 0.2) is 4.99 Å². The number of nitrogens with one attached hydrogen (secondary N) is 2. The van der Waals surface area contributed by atoms with Crippen LogP contribution < -0.4 is 10.6 Å². The Morgan fingerprint density at radius 3 is 2.96 bits per heavy atom. The molecule has 0 spiro atoms. The van der Waals surface area contributed by atoms with Crippen LogP contribution in [0.2, 0.25) is 0 Å². The summed E-state index contributed by atoms with van der Waals surface area (Å²) >= 11 is 0. The number of hydrogen-bond acceptors (Lipinski definition) is 4. The van der Waals surface area contributed by atoms with Gasteiger partial charge in [0.25, 0.3) is 0 Å². The normalized spacial score (nSPS) is 24.0. The smallest absolute Gasteiger partial charge is 0.191 e. The number of hydrogen-bond donors (Lipinski definition) is 2. The van der Waals surface area contributed by atoms with E-state index in [1.165, 1.54) is 19.3 Å². The lowest BCUT2D eigenvalue weighted by Gasteiger charge is -2.21. The van der Waals surface area contributed by atoms with Crippen molar-refractivity contribution in [3.05, 3.63) is 11.6 Å². The highest BCUT2D eigenvalue weighted by molar-refractivity contribution is 5.79. The Balaban J connectivity index is 1.52. The molecule has 0 saturated carbocycles. The van der Waals surface area contributed by atoms with E-state index in [9.17, 15) is 0 Å². The highest BCUT2D eigenvalue weighted by Crippen LogP contribution is 2.25. The predicted octanol–water partition coefficient (Wildman–Crippen LogP) is 1.67. The van der Waals surface area contributed by atoms with Crippen molar-refractivity contribution in [2.24, 2.45) is 4.99 Å². The lowest BCUT2D eigenvalue weighted by atomic mass is 10.0. The molecule has 7 nitrogen and oxygen atoms in total. The van der Waals surface area contributed by atoms with Crippen LogP contribution in [0.1, 0.15) is 57.6 Å². The van der Waals surface area contributed by atoms with Gasteiger partial charge >= 0.3 is 0 Å². The molecule has 7 heteroatoms. The molecule has 0 bridgehead atoms. The van der Waals surface area contributed by atoms with Gasteiger partial charge in [0.2, 0.25) is 0 Å². The van der Waals surface area contributed by atoms with E-state index in [2.05, 4.69) is 39.2 Å². The molecule has 3 heterocycles. The summed E-state index contributed by atoms with van der Waals surface area (Å²) in [4.78, 5) is 4.72. The van der Waals surface area contributed by atoms with Gasteiger partial charge in [-0.25, -0.2) is 0 Å². The van der Waals surface area contributed by atoms with E-state index in [1.807, 2.05) is 0 Å². The maximum Gasteiger partial charge on any atom is 0.191 e. The molecule has 2 aliphatic rings. The summed E-state index contributed by atoms with van der Waals surface area (Å²) in [7, 11) is 0. The van der Waals surface area contributed by atoms with Crippen LogP contribution in [0.5, 0.6) is 0 Å². The molecule has 0 radical (unpaired) electrons. The number of rotatable bonds is 6. The molecule has 25 heavy (non-hydrogen) atoms. The summed E-state index contributed by atoms with van der Waals surface area (Å²) in [5.74, 6) is 3.10. The molecular weight excluding hydrogens is 316 g/mol. The maximum atomic E-state index is 5.82. The van der Waals surface area contributed by atoms with E-state index in [0.29, 0.717) is 6.54 Å². The van der Waals surface area contributed by atoms with Crippen LogP contribution >= 0.6 is 0 Å². The average molecular weight is 348 g/mol. The molecule has 1 aromatic heterocycles. The van der Waals surface area contributed by atoms with Gasteiger partial charge in [-0.15, -0.1) is 10.2 Å². The topological polar surface area (TPSA) is 76.4 Å². The zero-order chi connectivity index (χ0) is 17.5. The molecule has 0 aliphatic carbocycles. The van der Waals surface area contributed by atoms with Crippen molar-refractivity contribution in [1.82, 2.24) is 25.4 Å². The predicted molar refractivity (Wildman–Crippen MR) is 98.9 cm³/mol.